The maximum atomic E-state index is 12.2. The van der Waals surface area contributed by atoms with Crippen molar-refractivity contribution < 1.29 is 4.79 Å². The lowest BCUT2D eigenvalue weighted by Crippen LogP contribution is -2.34. The first-order valence-electron chi connectivity index (χ1n) is 6.56. The van der Waals surface area contributed by atoms with Crippen LogP contribution in [0.15, 0.2) is 30.5 Å². The maximum Gasteiger partial charge on any atom is 0.228 e. The Morgan fingerprint density at radius 2 is 2.05 bits per heavy atom. The molecule has 0 aliphatic carbocycles. The van der Waals surface area contributed by atoms with Gasteiger partial charge in [-0.2, -0.15) is 5.10 Å². The number of aromatic nitrogens is 2. The zero-order valence-electron chi connectivity index (χ0n) is 10.6. The largest absolute Gasteiger partial charge is 0.317 e. The van der Waals surface area contributed by atoms with Gasteiger partial charge in [-0.05, 0) is 25.9 Å². The molecule has 0 radical (unpaired) electrons. The molecule has 19 heavy (non-hydrogen) atoms. The van der Waals surface area contributed by atoms with E-state index in [0.29, 0.717) is 5.82 Å². The van der Waals surface area contributed by atoms with Crippen LogP contribution in [0.1, 0.15) is 12.8 Å². The van der Waals surface area contributed by atoms with Gasteiger partial charge >= 0.3 is 0 Å². The molecule has 1 aliphatic rings. The van der Waals surface area contributed by atoms with Gasteiger partial charge in [0.25, 0.3) is 0 Å². The Kier molecular flexibility index (Phi) is 3.37. The second-order valence-corrected chi connectivity index (χ2v) is 4.79. The number of carbonyl (C=O) groups is 1. The summed E-state index contributed by atoms with van der Waals surface area (Å²) in [5, 5.41) is 16.1. The molecule has 98 valence electrons. The highest BCUT2D eigenvalue weighted by atomic mass is 16.2. The molecule has 0 saturated carbocycles. The summed E-state index contributed by atoms with van der Waals surface area (Å²) >= 11 is 0. The van der Waals surface area contributed by atoms with Crippen LogP contribution < -0.4 is 10.6 Å². The molecule has 2 N–H and O–H groups in total. The molecule has 0 unspecified atom stereocenters. The van der Waals surface area contributed by atoms with Gasteiger partial charge in [0.05, 0.1) is 6.20 Å². The average molecular weight is 256 g/mol. The highest BCUT2D eigenvalue weighted by molar-refractivity contribution is 6.00. The lowest BCUT2D eigenvalue weighted by Gasteiger charge is -2.21. The van der Waals surface area contributed by atoms with Crippen molar-refractivity contribution in [2.75, 3.05) is 18.4 Å². The van der Waals surface area contributed by atoms with E-state index in [4.69, 9.17) is 0 Å². The van der Waals surface area contributed by atoms with Gasteiger partial charge in [-0.3, -0.25) is 4.79 Å². The molecule has 0 atom stereocenters. The summed E-state index contributed by atoms with van der Waals surface area (Å²) in [7, 11) is 0. The summed E-state index contributed by atoms with van der Waals surface area (Å²) < 4.78 is 0. The van der Waals surface area contributed by atoms with Gasteiger partial charge in [0.15, 0.2) is 5.82 Å². The molecule has 1 amide bonds. The van der Waals surface area contributed by atoms with Crippen molar-refractivity contribution in [3.05, 3.63) is 30.5 Å². The fraction of sp³-hybridized carbons (Fsp3) is 0.357. The van der Waals surface area contributed by atoms with E-state index in [9.17, 15) is 4.79 Å². The summed E-state index contributed by atoms with van der Waals surface area (Å²) in [5.41, 5.74) is 0. The number of carbonyl (C=O) groups excluding carboxylic acids is 1. The second-order valence-electron chi connectivity index (χ2n) is 4.79. The number of piperidine rings is 1. The molecule has 5 heteroatoms. The number of nitrogens with one attached hydrogen (secondary N) is 2. The summed E-state index contributed by atoms with van der Waals surface area (Å²) in [6.45, 7) is 1.80. The minimum Gasteiger partial charge on any atom is -0.317 e. The molecule has 0 bridgehead atoms. The molecule has 3 rings (SSSR count). The van der Waals surface area contributed by atoms with Gasteiger partial charge in [-0.15, -0.1) is 5.10 Å². The van der Waals surface area contributed by atoms with E-state index < -0.39 is 0 Å². The Morgan fingerprint density at radius 3 is 2.89 bits per heavy atom. The molecule has 2 heterocycles. The summed E-state index contributed by atoms with van der Waals surface area (Å²) in [6, 6.07) is 7.79. The lowest BCUT2D eigenvalue weighted by atomic mass is 9.97. The zero-order chi connectivity index (χ0) is 13.1. The number of hydrogen-bond donors (Lipinski definition) is 2. The summed E-state index contributed by atoms with van der Waals surface area (Å²) in [5.74, 6) is 0.677. The molecule has 1 aromatic carbocycles. The SMILES string of the molecule is O=C(Nc1nncc2ccccc12)C1CCNCC1. The number of fused-ring (bicyclic) bond motifs is 1. The van der Waals surface area contributed by atoms with E-state index in [1.807, 2.05) is 24.3 Å². The lowest BCUT2D eigenvalue weighted by molar-refractivity contribution is -0.120. The number of anilines is 1. The van der Waals surface area contributed by atoms with Gasteiger partial charge in [0.2, 0.25) is 5.91 Å². The Hall–Kier alpha value is -2.01. The number of nitrogens with zero attached hydrogens (tertiary/aromatic N) is 2. The van der Waals surface area contributed by atoms with E-state index in [1.54, 1.807) is 6.20 Å². The fourth-order valence-electron chi connectivity index (χ4n) is 2.42. The van der Waals surface area contributed by atoms with Gasteiger partial charge in [-0.1, -0.05) is 24.3 Å². The summed E-state index contributed by atoms with van der Waals surface area (Å²) in [6.07, 6.45) is 3.46. The maximum absolute atomic E-state index is 12.2. The van der Waals surface area contributed by atoms with Crippen molar-refractivity contribution in [1.29, 1.82) is 0 Å². The van der Waals surface area contributed by atoms with E-state index >= 15 is 0 Å². The zero-order valence-corrected chi connectivity index (χ0v) is 10.6. The smallest absolute Gasteiger partial charge is 0.228 e. The quantitative estimate of drug-likeness (QED) is 0.856. The third-order valence-electron chi connectivity index (χ3n) is 3.52. The monoisotopic (exact) mass is 256 g/mol. The minimum atomic E-state index is 0.0483. The van der Waals surface area contributed by atoms with Crippen LogP contribution in [0, 0.1) is 5.92 Å². The second kappa shape index (κ2) is 5.32. The third kappa shape index (κ3) is 2.56. The average Bonchev–Trinajstić information content (AvgIpc) is 2.48. The van der Waals surface area contributed by atoms with Gasteiger partial charge in [0, 0.05) is 16.7 Å². The van der Waals surface area contributed by atoms with E-state index in [-0.39, 0.29) is 11.8 Å². The number of amides is 1. The number of rotatable bonds is 2. The van der Waals surface area contributed by atoms with E-state index in [2.05, 4.69) is 20.8 Å². The Labute approximate surface area is 111 Å². The number of hydrogen-bond acceptors (Lipinski definition) is 4. The van der Waals surface area contributed by atoms with Crippen LogP contribution >= 0.6 is 0 Å². The highest BCUT2D eigenvalue weighted by Crippen LogP contribution is 2.21. The molecule has 1 aliphatic heterocycles. The van der Waals surface area contributed by atoms with Crippen LogP contribution in [0.3, 0.4) is 0 Å². The standard InChI is InChI=1S/C14H16N4O/c19-14(10-5-7-15-8-6-10)17-13-12-4-2-1-3-11(12)9-16-18-13/h1-4,9-10,15H,5-8H2,(H,17,18,19). The third-order valence-corrected chi connectivity index (χ3v) is 3.52. The van der Waals surface area contributed by atoms with E-state index in [0.717, 1.165) is 36.7 Å². The van der Waals surface area contributed by atoms with Gasteiger partial charge < -0.3 is 10.6 Å². The summed E-state index contributed by atoms with van der Waals surface area (Å²) in [4.78, 5) is 12.2. The van der Waals surface area contributed by atoms with Crippen molar-refractivity contribution >= 4 is 22.5 Å². The molecular weight excluding hydrogens is 240 g/mol. The first-order valence-corrected chi connectivity index (χ1v) is 6.56. The molecule has 1 saturated heterocycles. The predicted molar refractivity (Wildman–Crippen MR) is 73.8 cm³/mol. The van der Waals surface area contributed by atoms with Crippen molar-refractivity contribution in [2.45, 2.75) is 12.8 Å². The van der Waals surface area contributed by atoms with Gasteiger partial charge in [-0.25, -0.2) is 0 Å². The molecule has 1 fully saturated rings. The fourth-order valence-corrected chi connectivity index (χ4v) is 2.42. The van der Waals surface area contributed by atoms with Crippen LogP contribution in [-0.2, 0) is 4.79 Å². The minimum absolute atomic E-state index is 0.0483. The van der Waals surface area contributed by atoms with Gasteiger partial charge in [0.1, 0.15) is 0 Å². The van der Waals surface area contributed by atoms with Crippen LogP contribution in [0.2, 0.25) is 0 Å². The normalized spacial score (nSPS) is 16.4. The van der Waals surface area contributed by atoms with Crippen molar-refractivity contribution in [3.8, 4) is 0 Å². The topological polar surface area (TPSA) is 66.9 Å². The van der Waals surface area contributed by atoms with Crippen molar-refractivity contribution in [3.63, 3.8) is 0 Å². The van der Waals surface area contributed by atoms with Crippen LogP contribution in [-0.4, -0.2) is 29.2 Å². The predicted octanol–water partition coefficient (Wildman–Crippen LogP) is 1.57. The molecule has 1 aromatic heterocycles. The molecule has 0 spiro atoms. The molecule has 5 nitrogen and oxygen atoms in total. The van der Waals surface area contributed by atoms with Crippen molar-refractivity contribution in [2.24, 2.45) is 5.92 Å². The first-order chi connectivity index (χ1) is 9.34. The van der Waals surface area contributed by atoms with Crippen LogP contribution in [0.25, 0.3) is 10.8 Å². The van der Waals surface area contributed by atoms with Crippen molar-refractivity contribution in [1.82, 2.24) is 15.5 Å². The number of benzene rings is 1. The van der Waals surface area contributed by atoms with Crippen LogP contribution in [0.5, 0.6) is 0 Å². The Morgan fingerprint density at radius 1 is 1.26 bits per heavy atom. The molecular formula is C14H16N4O. The molecule has 2 aromatic rings. The van der Waals surface area contributed by atoms with Crippen LogP contribution in [0.4, 0.5) is 5.82 Å². The van der Waals surface area contributed by atoms with E-state index in [1.165, 1.54) is 0 Å². The first kappa shape index (κ1) is 12.0. The highest BCUT2D eigenvalue weighted by Gasteiger charge is 2.21. The Bertz CT molecular complexity index is 588. The Balaban J connectivity index is 1.82.